The van der Waals surface area contributed by atoms with E-state index in [0.717, 1.165) is 3.35 Å². The van der Waals surface area contributed by atoms with Gasteiger partial charge in [0.2, 0.25) is 0 Å². The van der Waals surface area contributed by atoms with Crippen molar-refractivity contribution in [3.8, 4) is 0 Å². The van der Waals surface area contributed by atoms with Gasteiger partial charge in [0.1, 0.15) is 0 Å². The van der Waals surface area contributed by atoms with Crippen LogP contribution in [0.5, 0.6) is 0 Å². The van der Waals surface area contributed by atoms with E-state index in [-0.39, 0.29) is 5.75 Å². The Hall–Kier alpha value is 0.0600. The molecule has 52 valence electrons. The predicted octanol–water partition coefficient (Wildman–Crippen LogP) is -0.426. The Morgan fingerprint density at radius 3 is 2.44 bits per heavy atom. The molecular weight excluding hydrogens is 178 g/mol. The lowest BCUT2D eigenvalue weighted by Crippen LogP contribution is -2.30. The van der Waals surface area contributed by atoms with Crippen molar-refractivity contribution in [2.45, 2.75) is 6.04 Å². The van der Waals surface area contributed by atoms with Gasteiger partial charge in [0, 0.05) is 0 Å². The number of carboxylic acids is 1. The molecule has 0 aromatic heterocycles. The Kier molecular flexibility index (Phi) is 4.00. The summed E-state index contributed by atoms with van der Waals surface area (Å²) in [6.07, 6.45) is 0. The number of carbonyl (C=O) groups is 1. The zero-order chi connectivity index (χ0) is 7.44. The second kappa shape index (κ2) is 3.97. The molecule has 0 aliphatic carbocycles. The third-order valence-corrected chi connectivity index (χ3v) is 1.57. The van der Waals surface area contributed by atoms with Crippen LogP contribution in [0.1, 0.15) is 0 Å². The molecule has 1 N–H and O–H groups in total. The smallest absolute Gasteiger partial charge is 0.373 e. The molecule has 0 saturated carbocycles. The monoisotopic (exact) mass is 183 g/mol. The van der Waals surface area contributed by atoms with Crippen LogP contribution < -0.4 is 0 Å². The maximum Gasteiger partial charge on any atom is 0.373 e. The summed E-state index contributed by atoms with van der Waals surface area (Å²) in [5, 5.41) is 8.32. The van der Waals surface area contributed by atoms with Gasteiger partial charge in [-0.1, -0.05) is 25.2 Å². The lowest BCUT2D eigenvalue weighted by molar-refractivity contribution is -0.348. The average Bonchev–Trinajstić information content (AvgIpc) is 1.64. The first kappa shape index (κ1) is 9.06. The maximum atomic E-state index is 10.1. The second-order valence-corrected chi connectivity index (χ2v) is 2.71. The van der Waals surface area contributed by atoms with Crippen LogP contribution in [0.15, 0.2) is 0 Å². The zero-order valence-electron chi connectivity index (χ0n) is 4.35. The van der Waals surface area contributed by atoms with E-state index in [0.29, 0.717) is 0 Å². The van der Waals surface area contributed by atoms with Gasteiger partial charge in [0.05, 0.1) is 5.75 Å². The summed E-state index contributed by atoms with van der Waals surface area (Å²) in [5.74, 6) is -0.891. The first-order valence-corrected chi connectivity index (χ1v) is 3.43. The van der Waals surface area contributed by atoms with Crippen LogP contribution in [0.4, 0.5) is 0 Å². The number of hydrogen-bond acceptors (Lipinski definition) is 4. The first-order valence-electron chi connectivity index (χ1n) is 2.06. The van der Waals surface area contributed by atoms with E-state index in [4.69, 9.17) is 5.11 Å². The van der Waals surface area contributed by atoms with Gasteiger partial charge in [-0.2, -0.15) is 12.6 Å². The van der Waals surface area contributed by atoms with E-state index in [9.17, 15) is 4.79 Å². The van der Waals surface area contributed by atoms with Gasteiger partial charge in [0.25, 0.3) is 6.04 Å². The largest absolute Gasteiger partial charge is 0.476 e. The molecule has 0 heterocycles. The fourth-order valence-electron chi connectivity index (χ4n) is 0.235. The minimum absolute atomic E-state index is 0.141. The van der Waals surface area contributed by atoms with E-state index < -0.39 is 12.0 Å². The minimum Gasteiger partial charge on any atom is -0.476 e. The number of aliphatic carboxylic acids is 1. The van der Waals surface area contributed by atoms with Crippen LogP contribution in [0.3, 0.4) is 0 Å². The molecule has 0 aromatic carbocycles. The van der Waals surface area contributed by atoms with Crippen molar-refractivity contribution in [1.82, 2.24) is 0 Å². The summed E-state index contributed by atoms with van der Waals surface area (Å²) >= 11 is 12.5. The normalized spacial score (nSPS) is 12.6. The molecule has 6 heteroatoms. The summed E-state index contributed by atoms with van der Waals surface area (Å²) in [7, 11) is 0. The summed E-state index contributed by atoms with van der Waals surface area (Å²) in [6.45, 7) is 0. The number of thiol groups is 1. The summed E-state index contributed by atoms with van der Waals surface area (Å²) in [5.41, 5.74) is 0. The predicted molar refractivity (Wildman–Crippen MR) is 40.3 cm³/mol. The van der Waals surface area contributed by atoms with Crippen molar-refractivity contribution in [3.63, 3.8) is 0 Å². The van der Waals surface area contributed by atoms with Crippen LogP contribution >= 0.6 is 12.6 Å². The minimum atomic E-state index is -1.03. The SMILES string of the molecule is O=C(O)[C@H](CS)[N+](=S)[S-]. The number of rotatable bonds is 3. The van der Waals surface area contributed by atoms with Gasteiger partial charge < -0.3 is 5.11 Å². The van der Waals surface area contributed by atoms with E-state index in [1.54, 1.807) is 0 Å². The van der Waals surface area contributed by atoms with Gasteiger partial charge in [-0.3, -0.25) is 0 Å². The summed E-state index contributed by atoms with van der Waals surface area (Å²) in [4.78, 5) is 10.1. The van der Waals surface area contributed by atoms with Crippen molar-refractivity contribution in [1.29, 1.82) is 0 Å². The summed E-state index contributed by atoms with van der Waals surface area (Å²) < 4.78 is 0.787. The topological polar surface area (TPSA) is 40.3 Å². The van der Waals surface area contributed by atoms with Crippen LogP contribution in [0.2, 0.25) is 0 Å². The third kappa shape index (κ3) is 2.92. The molecule has 0 rings (SSSR count). The van der Waals surface area contributed by atoms with E-state index in [1.165, 1.54) is 0 Å². The van der Waals surface area contributed by atoms with E-state index in [1.807, 2.05) is 0 Å². The molecule has 0 aliphatic heterocycles. The quantitative estimate of drug-likeness (QED) is 0.354. The molecule has 0 aliphatic rings. The van der Waals surface area contributed by atoms with Crippen LogP contribution in [-0.4, -0.2) is 26.2 Å². The molecule has 0 aromatic rings. The van der Waals surface area contributed by atoms with E-state index >= 15 is 0 Å². The van der Waals surface area contributed by atoms with Crippen LogP contribution in [0.25, 0.3) is 0 Å². The Bertz CT molecular complexity index is 123. The molecular formula is C3H5NO2S3. The molecule has 0 fully saturated rings. The number of hydrogen-bond donors (Lipinski definition) is 2. The van der Waals surface area contributed by atoms with Crippen molar-refractivity contribution in [2.75, 3.05) is 5.75 Å². The number of carboxylic acid groups (broad SMARTS) is 1. The lowest BCUT2D eigenvalue weighted by Gasteiger charge is -2.03. The van der Waals surface area contributed by atoms with Crippen LogP contribution in [0, 0.1) is 0 Å². The fourth-order valence-corrected chi connectivity index (χ4v) is 1.10. The molecule has 0 unspecified atom stereocenters. The average molecular weight is 183 g/mol. The molecule has 3 nitrogen and oxygen atoms in total. The van der Waals surface area contributed by atoms with Gasteiger partial charge in [-0.25, -0.2) is 8.15 Å². The molecule has 0 amide bonds. The van der Waals surface area contributed by atoms with Crippen molar-refractivity contribution < 1.29 is 13.3 Å². The fraction of sp³-hybridized carbons (Fsp3) is 0.667. The highest BCUT2D eigenvalue weighted by molar-refractivity contribution is 7.80. The Balaban J connectivity index is 3.99. The first-order chi connectivity index (χ1) is 4.09. The highest BCUT2D eigenvalue weighted by atomic mass is 32.2. The third-order valence-electron chi connectivity index (χ3n) is 0.712. The number of nitrogens with zero attached hydrogens (tertiary/aromatic N) is 1. The molecule has 9 heavy (non-hydrogen) atoms. The van der Waals surface area contributed by atoms with Crippen molar-refractivity contribution in [3.05, 3.63) is 0 Å². The molecule has 0 bridgehead atoms. The molecule has 1 atom stereocenters. The highest BCUT2D eigenvalue weighted by Crippen LogP contribution is 1.91. The molecule has 0 spiro atoms. The van der Waals surface area contributed by atoms with Gasteiger partial charge in [-0.15, -0.1) is 0 Å². The Morgan fingerprint density at radius 1 is 2.00 bits per heavy atom. The van der Waals surface area contributed by atoms with Crippen molar-refractivity contribution in [2.24, 2.45) is 0 Å². The standard InChI is InChI=1S/C3H5NO2S3/c5-3(6)2(1-7)4(8)9/h2,7H,1H2,(H,5,6)/t2-/m0/s1. The maximum absolute atomic E-state index is 10.1. The Labute approximate surface area is 69.2 Å². The van der Waals surface area contributed by atoms with Crippen LogP contribution in [-0.2, 0) is 30.0 Å². The highest BCUT2D eigenvalue weighted by Gasteiger charge is 2.20. The van der Waals surface area contributed by atoms with Gasteiger partial charge >= 0.3 is 5.97 Å². The zero-order valence-corrected chi connectivity index (χ0v) is 6.88. The summed E-state index contributed by atoms with van der Waals surface area (Å²) in [6, 6.07) is -0.835. The second-order valence-electron chi connectivity index (χ2n) is 1.32. The van der Waals surface area contributed by atoms with Gasteiger partial charge in [0.15, 0.2) is 0 Å². The molecule has 0 radical (unpaired) electrons. The Morgan fingerprint density at radius 2 is 2.44 bits per heavy atom. The van der Waals surface area contributed by atoms with Gasteiger partial charge in [-0.05, 0) is 0 Å². The lowest BCUT2D eigenvalue weighted by atomic mass is 10.4. The van der Waals surface area contributed by atoms with E-state index in [2.05, 4.69) is 37.9 Å². The molecule has 0 saturated heterocycles. The van der Waals surface area contributed by atoms with Crippen molar-refractivity contribution >= 4 is 43.8 Å².